The molecule has 0 amide bonds. The van der Waals surface area contributed by atoms with Crippen LogP contribution in [0.25, 0.3) is 0 Å². The zero-order chi connectivity index (χ0) is 13.4. The second-order valence-electron chi connectivity index (χ2n) is 5.63. The van der Waals surface area contributed by atoms with Gasteiger partial charge in [0.1, 0.15) is 11.4 Å². The molecule has 0 bridgehead atoms. The van der Waals surface area contributed by atoms with Crippen LogP contribution in [0.4, 0.5) is 5.82 Å². The molecule has 1 unspecified atom stereocenters. The zero-order valence-electron chi connectivity index (χ0n) is 11.4. The van der Waals surface area contributed by atoms with Crippen molar-refractivity contribution in [1.29, 1.82) is 0 Å². The lowest BCUT2D eigenvalue weighted by Crippen LogP contribution is -2.24. The van der Waals surface area contributed by atoms with Crippen LogP contribution >= 0.6 is 0 Å². The number of carboxylic acid groups (broad SMARTS) is 1. The lowest BCUT2D eigenvalue weighted by Gasteiger charge is -2.20. The summed E-state index contributed by atoms with van der Waals surface area (Å²) in [5, 5.41) is 9.41. The van der Waals surface area contributed by atoms with Crippen molar-refractivity contribution in [2.75, 3.05) is 18.0 Å². The molecule has 19 heavy (non-hydrogen) atoms. The van der Waals surface area contributed by atoms with Crippen molar-refractivity contribution in [2.45, 2.75) is 39.0 Å². The molecule has 4 nitrogen and oxygen atoms in total. The molecule has 4 heteroatoms. The number of rotatable bonds is 3. The highest BCUT2D eigenvalue weighted by atomic mass is 16.4. The summed E-state index contributed by atoms with van der Waals surface area (Å²) in [7, 11) is 0. The SMILES string of the molecule is CCC1CCN(c2nc3c(cc2C(=O)O)CCC3)C1. The molecule has 1 fully saturated rings. The number of fused-ring (bicyclic) bond motifs is 1. The Bertz CT molecular complexity index is 513. The van der Waals surface area contributed by atoms with Gasteiger partial charge in [0.25, 0.3) is 0 Å². The maximum atomic E-state index is 11.5. The van der Waals surface area contributed by atoms with Crippen molar-refractivity contribution in [3.8, 4) is 0 Å². The average Bonchev–Trinajstić information content (AvgIpc) is 3.05. The Kier molecular flexibility index (Phi) is 3.17. The van der Waals surface area contributed by atoms with Crippen LogP contribution in [0.1, 0.15) is 47.8 Å². The number of pyridine rings is 1. The summed E-state index contributed by atoms with van der Waals surface area (Å²) >= 11 is 0. The Hall–Kier alpha value is -1.58. The minimum atomic E-state index is -0.850. The van der Waals surface area contributed by atoms with Gasteiger partial charge in [-0.1, -0.05) is 13.3 Å². The van der Waals surface area contributed by atoms with Crippen LogP contribution in [0, 0.1) is 5.92 Å². The van der Waals surface area contributed by atoms with Crippen molar-refractivity contribution < 1.29 is 9.90 Å². The van der Waals surface area contributed by atoms with Crippen molar-refractivity contribution in [3.05, 3.63) is 22.9 Å². The zero-order valence-corrected chi connectivity index (χ0v) is 11.4. The monoisotopic (exact) mass is 260 g/mol. The molecule has 102 valence electrons. The van der Waals surface area contributed by atoms with Crippen LogP contribution in [0.2, 0.25) is 0 Å². The predicted octanol–water partition coefficient (Wildman–Crippen LogP) is 2.50. The second kappa shape index (κ2) is 4.83. The molecule has 3 rings (SSSR count). The van der Waals surface area contributed by atoms with Crippen LogP contribution < -0.4 is 4.90 Å². The summed E-state index contributed by atoms with van der Waals surface area (Å²) < 4.78 is 0. The minimum absolute atomic E-state index is 0.386. The molecular formula is C15H20N2O2. The highest BCUT2D eigenvalue weighted by Gasteiger charge is 2.28. The van der Waals surface area contributed by atoms with Crippen LogP contribution in [0.5, 0.6) is 0 Å². The van der Waals surface area contributed by atoms with E-state index >= 15 is 0 Å². The Balaban J connectivity index is 1.98. The first-order valence-electron chi connectivity index (χ1n) is 7.20. The van der Waals surface area contributed by atoms with E-state index in [0.717, 1.165) is 56.5 Å². The summed E-state index contributed by atoms with van der Waals surface area (Å²) in [5.41, 5.74) is 2.63. The highest BCUT2D eigenvalue weighted by Crippen LogP contribution is 2.31. The molecule has 2 heterocycles. The number of carbonyl (C=O) groups is 1. The highest BCUT2D eigenvalue weighted by molar-refractivity contribution is 5.93. The predicted molar refractivity (Wildman–Crippen MR) is 73.8 cm³/mol. The number of hydrogen-bond acceptors (Lipinski definition) is 3. The van der Waals surface area contributed by atoms with Crippen molar-refractivity contribution >= 4 is 11.8 Å². The van der Waals surface area contributed by atoms with Gasteiger partial charge in [0.2, 0.25) is 0 Å². The van der Waals surface area contributed by atoms with E-state index in [2.05, 4.69) is 16.8 Å². The van der Waals surface area contributed by atoms with Gasteiger partial charge in [-0.15, -0.1) is 0 Å². The van der Waals surface area contributed by atoms with Gasteiger partial charge in [-0.05, 0) is 43.2 Å². The Morgan fingerprint density at radius 3 is 3.05 bits per heavy atom. The molecule has 1 aliphatic carbocycles. The number of hydrogen-bond donors (Lipinski definition) is 1. The fraction of sp³-hybridized carbons (Fsp3) is 0.600. The molecule has 1 atom stereocenters. The van der Waals surface area contributed by atoms with Crippen molar-refractivity contribution in [2.24, 2.45) is 5.92 Å². The van der Waals surface area contributed by atoms with Gasteiger partial charge in [0.15, 0.2) is 0 Å². The third-order valence-electron chi connectivity index (χ3n) is 4.42. The van der Waals surface area contributed by atoms with Crippen LogP contribution in [0.15, 0.2) is 6.07 Å². The first-order chi connectivity index (χ1) is 9.19. The van der Waals surface area contributed by atoms with E-state index < -0.39 is 5.97 Å². The quantitative estimate of drug-likeness (QED) is 0.907. The van der Waals surface area contributed by atoms with E-state index in [4.69, 9.17) is 0 Å². The molecule has 0 radical (unpaired) electrons. The Morgan fingerprint density at radius 1 is 1.53 bits per heavy atom. The molecule has 1 N–H and O–H groups in total. The van der Waals surface area contributed by atoms with Gasteiger partial charge in [0.05, 0.1) is 0 Å². The van der Waals surface area contributed by atoms with E-state index in [1.807, 2.05) is 6.07 Å². The third kappa shape index (κ3) is 2.20. The van der Waals surface area contributed by atoms with E-state index in [0.29, 0.717) is 17.3 Å². The van der Waals surface area contributed by atoms with Gasteiger partial charge >= 0.3 is 5.97 Å². The number of carboxylic acids is 1. The molecule has 0 aromatic carbocycles. The summed E-state index contributed by atoms with van der Waals surface area (Å²) in [6.07, 6.45) is 5.37. The van der Waals surface area contributed by atoms with Crippen molar-refractivity contribution in [1.82, 2.24) is 4.98 Å². The molecular weight excluding hydrogens is 240 g/mol. The van der Waals surface area contributed by atoms with Gasteiger partial charge in [0, 0.05) is 18.8 Å². The fourth-order valence-electron chi connectivity index (χ4n) is 3.22. The summed E-state index contributed by atoms with van der Waals surface area (Å²) in [4.78, 5) is 18.3. The van der Waals surface area contributed by atoms with Crippen LogP contribution in [-0.4, -0.2) is 29.1 Å². The summed E-state index contributed by atoms with van der Waals surface area (Å²) in [5.74, 6) is 0.526. The van der Waals surface area contributed by atoms with Gasteiger partial charge < -0.3 is 10.0 Å². The Morgan fingerprint density at radius 2 is 2.37 bits per heavy atom. The first kappa shape index (κ1) is 12.5. The van der Waals surface area contributed by atoms with Gasteiger partial charge in [-0.3, -0.25) is 0 Å². The lowest BCUT2D eigenvalue weighted by atomic mass is 10.1. The topological polar surface area (TPSA) is 53.4 Å². The van der Waals surface area contributed by atoms with E-state index in [1.54, 1.807) is 0 Å². The number of aromatic nitrogens is 1. The summed E-state index contributed by atoms with van der Waals surface area (Å²) in [6.45, 7) is 4.08. The summed E-state index contributed by atoms with van der Waals surface area (Å²) in [6, 6.07) is 1.85. The molecule has 0 spiro atoms. The third-order valence-corrected chi connectivity index (χ3v) is 4.42. The van der Waals surface area contributed by atoms with Crippen LogP contribution in [0.3, 0.4) is 0 Å². The average molecular weight is 260 g/mol. The fourth-order valence-corrected chi connectivity index (χ4v) is 3.22. The standard InChI is InChI=1S/C15H20N2O2/c1-2-10-6-7-17(9-10)14-12(15(18)19)8-11-4-3-5-13(11)16-14/h8,10H,2-7,9H2,1H3,(H,18,19). The lowest BCUT2D eigenvalue weighted by molar-refractivity contribution is 0.0697. The van der Waals surface area contributed by atoms with E-state index in [-0.39, 0.29) is 0 Å². The maximum absolute atomic E-state index is 11.5. The molecule has 1 saturated heterocycles. The second-order valence-corrected chi connectivity index (χ2v) is 5.63. The smallest absolute Gasteiger partial charge is 0.339 e. The van der Waals surface area contributed by atoms with E-state index in [1.165, 1.54) is 0 Å². The van der Waals surface area contributed by atoms with Crippen LogP contribution in [-0.2, 0) is 12.8 Å². The van der Waals surface area contributed by atoms with Crippen molar-refractivity contribution in [3.63, 3.8) is 0 Å². The largest absolute Gasteiger partial charge is 0.478 e. The molecule has 2 aliphatic rings. The van der Waals surface area contributed by atoms with E-state index in [9.17, 15) is 9.90 Å². The maximum Gasteiger partial charge on any atom is 0.339 e. The Labute approximate surface area is 113 Å². The first-order valence-corrected chi connectivity index (χ1v) is 7.20. The normalized spacial score (nSPS) is 21.7. The van der Waals surface area contributed by atoms with Gasteiger partial charge in [-0.2, -0.15) is 0 Å². The number of nitrogens with zero attached hydrogens (tertiary/aromatic N) is 2. The van der Waals surface area contributed by atoms with Gasteiger partial charge in [-0.25, -0.2) is 9.78 Å². The number of aromatic carboxylic acids is 1. The molecule has 1 aliphatic heterocycles. The molecule has 1 aromatic rings. The number of anilines is 1. The minimum Gasteiger partial charge on any atom is -0.478 e. The molecule has 0 saturated carbocycles. The molecule has 1 aromatic heterocycles. The number of aryl methyl sites for hydroxylation is 2.